The van der Waals surface area contributed by atoms with Crippen LogP contribution in [0.5, 0.6) is 11.5 Å². The van der Waals surface area contributed by atoms with Crippen LogP contribution < -0.4 is 14.8 Å². The lowest BCUT2D eigenvalue weighted by atomic mass is 10.1. The van der Waals surface area contributed by atoms with Gasteiger partial charge in [-0.15, -0.1) is 0 Å². The molecular weight excluding hydrogens is 336 g/mol. The molecule has 136 valence electrons. The first kappa shape index (κ1) is 19.0. The minimum atomic E-state index is -0.479. The highest BCUT2D eigenvalue weighted by atomic mass is 16.6. The topological polar surface area (TPSA) is 90.7 Å². The lowest BCUT2D eigenvalue weighted by Crippen LogP contribution is -2.09. The molecule has 0 bridgehead atoms. The molecule has 0 aliphatic carbocycles. The molecule has 0 spiro atoms. The van der Waals surface area contributed by atoms with E-state index in [1.54, 1.807) is 44.4 Å². The van der Waals surface area contributed by atoms with Gasteiger partial charge in [0.05, 0.1) is 29.9 Å². The molecular formula is C19H20N2O5. The number of methoxy groups -OCH3 is 1. The SMILES string of the molecule is CCOc1ccc(/C=C/C(=O)Nc2cccc([N+](=O)[O-])c2C)cc1OC. The Labute approximate surface area is 151 Å². The molecule has 1 amide bonds. The molecule has 0 aromatic heterocycles. The Hall–Kier alpha value is -3.35. The number of amides is 1. The van der Waals surface area contributed by atoms with E-state index in [4.69, 9.17) is 9.47 Å². The Morgan fingerprint density at radius 2 is 2.04 bits per heavy atom. The minimum Gasteiger partial charge on any atom is -0.493 e. The number of benzene rings is 2. The number of anilines is 1. The number of nitro benzene ring substituents is 1. The van der Waals surface area contributed by atoms with Crippen LogP contribution in [0.3, 0.4) is 0 Å². The maximum absolute atomic E-state index is 12.1. The second-order valence-corrected chi connectivity index (χ2v) is 5.37. The summed E-state index contributed by atoms with van der Waals surface area (Å²) in [5.74, 6) is 0.814. The summed E-state index contributed by atoms with van der Waals surface area (Å²) < 4.78 is 10.7. The van der Waals surface area contributed by atoms with Gasteiger partial charge >= 0.3 is 0 Å². The Kier molecular flexibility index (Phi) is 6.32. The molecule has 0 atom stereocenters. The van der Waals surface area contributed by atoms with Crippen LogP contribution in [0.2, 0.25) is 0 Å². The second kappa shape index (κ2) is 8.66. The highest BCUT2D eigenvalue weighted by Crippen LogP contribution is 2.28. The quantitative estimate of drug-likeness (QED) is 0.461. The third-order valence-corrected chi connectivity index (χ3v) is 3.67. The summed E-state index contributed by atoms with van der Waals surface area (Å²) in [6.07, 6.45) is 2.98. The fourth-order valence-electron chi connectivity index (χ4n) is 2.37. The smallest absolute Gasteiger partial charge is 0.274 e. The van der Waals surface area contributed by atoms with Gasteiger partial charge in [0, 0.05) is 12.1 Å². The van der Waals surface area contributed by atoms with Gasteiger partial charge in [0.15, 0.2) is 11.5 Å². The molecule has 2 rings (SSSR count). The molecule has 1 N–H and O–H groups in total. The van der Waals surface area contributed by atoms with Gasteiger partial charge in [-0.25, -0.2) is 0 Å². The summed E-state index contributed by atoms with van der Waals surface area (Å²) in [5.41, 5.74) is 1.53. The van der Waals surface area contributed by atoms with Crippen molar-refractivity contribution in [3.8, 4) is 11.5 Å². The average molecular weight is 356 g/mol. The Morgan fingerprint density at radius 1 is 1.27 bits per heavy atom. The zero-order valence-corrected chi connectivity index (χ0v) is 14.8. The van der Waals surface area contributed by atoms with Gasteiger partial charge < -0.3 is 14.8 Å². The van der Waals surface area contributed by atoms with Crippen LogP contribution in [0.15, 0.2) is 42.5 Å². The van der Waals surface area contributed by atoms with Gasteiger partial charge in [-0.05, 0) is 43.7 Å². The van der Waals surface area contributed by atoms with Crippen molar-refractivity contribution in [2.45, 2.75) is 13.8 Å². The minimum absolute atomic E-state index is 0.0389. The van der Waals surface area contributed by atoms with Gasteiger partial charge in [0.25, 0.3) is 5.69 Å². The molecule has 0 aliphatic rings. The highest BCUT2D eigenvalue weighted by molar-refractivity contribution is 6.02. The van der Waals surface area contributed by atoms with E-state index < -0.39 is 4.92 Å². The number of carbonyl (C=O) groups is 1. The molecule has 26 heavy (non-hydrogen) atoms. The fraction of sp³-hybridized carbons (Fsp3) is 0.211. The Bertz CT molecular complexity index is 846. The third kappa shape index (κ3) is 4.60. The molecule has 0 saturated carbocycles. The molecule has 0 unspecified atom stereocenters. The summed E-state index contributed by atoms with van der Waals surface area (Å²) in [6.45, 7) is 4.00. The number of nitrogens with one attached hydrogen (secondary N) is 1. The van der Waals surface area contributed by atoms with Crippen molar-refractivity contribution < 1.29 is 19.2 Å². The van der Waals surface area contributed by atoms with Crippen LogP contribution in [-0.2, 0) is 4.79 Å². The highest BCUT2D eigenvalue weighted by Gasteiger charge is 2.14. The Balaban J connectivity index is 2.13. The summed E-state index contributed by atoms with van der Waals surface area (Å²) in [4.78, 5) is 22.6. The van der Waals surface area contributed by atoms with Crippen LogP contribution >= 0.6 is 0 Å². The van der Waals surface area contributed by atoms with Gasteiger partial charge in [-0.1, -0.05) is 12.1 Å². The first-order valence-electron chi connectivity index (χ1n) is 8.00. The van der Waals surface area contributed by atoms with E-state index in [1.165, 1.54) is 18.2 Å². The number of ether oxygens (including phenoxy) is 2. The fourth-order valence-corrected chi connectivity index (χ4v) is 2.37. The van der Waals surface area contributed by atoms with E-state index >= 15 is 0 Å². The van der Waals surface area contributed by atoms with Gasteiger partial charge in [0.1, 0.15) is 0 Å². The lowest BCUT2D eigenvalue weighted by Gasteiger charge is -2.09. The van der Waals surface area contributed by atoms with Crippen molar-refractivity contribution >= 4 is 23.4 Å². The molecule has 0 fully saturated rings. The largest absolute Gasteiger partial charge is 0.493 e. The Morgan fingerprint density at radius 3 is 2.69 bits per heavy atom. The molecule has 7 heteroatoms. The third-order valence-electron chi connectivity index (χ3n) is 3.67. The maximum Gasteiger partial charge on any atom is 0.274 e. The summed E-state index contributed by atoms with van der Waals surface area (Å²) >= 11 is 0. The number of carbonyl (C=O) groups excluding carboxylic acids is 1. The second-order valence-electron chi connectivity index (χ2n) is 5.37. The van der Waals surface area contributed by atoms with Crippen LogP contribution in [-0.4, -0.2) is 24.5 Å². The van der Waals surface area contributed by atoms with Crippen molar-refractivity contribution in [3.63, 3.8) is 0 Å². The van der Waals surface area contributed by atoms with E-state index in [-0.39, 0.29) is 11.6 Å². The van der Waals surface area contributed by atoms with E-state index in [1.807, 2.05) is 6.92 Å². The maximum atomic E-state index is 12.1. The molecule has 0 aliphatic heterocycles. The van der Waals surface area contributed by atoms with Crippen LogP contribution in [0, 0.1) is 17.0 Å². The number of nitrogens with zero attached hydrogens (tertiary/aromatic N) is 1. The van der Waals surface area contributed by atoms with E-state index in [0.29, 0.717) is 29.4 Å². The molecule has 7 nitrogen and oxygen atoms in total. The first-order chi connectivity index (χ1) is 12.5. The standard InChI is InChI=1S/C19H20N2O5/c1-4-26-17-10-8-14(12-18(17)25-3)9-11-19(22)20-15-6-5-7-16(13(15)2)21(23)24/h5-12H,4H2,1-3H3,(H,20,22)/b11-9+. The number of rotatable bonds is 7. The van der Waals surface area contributed by atoms with Crippen LogP contribution in [0.1, 0.15) is 18.1 Å². The van der Waals surface area contributed by atoms with Crippen molar-refractivity contribution in [2.75, 3.05) is 19.0 Å². The number of hydrogen-bond acceptors (Lipinski definition) is 5. The molecule has 2 aromatic carbocycles. The first-order valence-corrected chi connectivity index (χ1v) is 8.00. The predicted octanol–water partition coefficient (Wildman–Crippen LogP) is 3.96. The molecule has 0 radical (unpaired) electrons. The van der Waals surface area contributed by atoms with Crippen molar-refractivity contribution in [3.05, 3.63) is 63.7 Å². The van der Waals surface area contributed by atoms with Crippen molar-refractivity contribution in [1.82, 2.24) is 0 Å². The average Bonchev–Trinajstić information content (AvgIpc) is 2.62. The summed E-state index contributed by atoms with van der Waals surface area (Å²) in [6, 6.07) is 9.87. The van der Waals surface area contributed by atoms with E-state index in [9.17, 15) is 14.9 Å². The van der Waals surface area contributed by atoms with Crippen LogP contribution in [0.25, 0.3) is 6.08 Å². The van der Waals surface area contributed by atoms with E-state index in [0.717, 1.165) is 5.56 Å². The number of hydrogen-bond donors (Lipinski definition) is 1. The van der Waals surface area contributed by atoms with Crippen molar-refractivity contribution in [1.29, 1.82) is 0 Å². The summed E-state index contributed by atoms with van der Waals surface area (Å²) in [5, 5.41) is 13.6. The molecule has 2 aromatic rings. The normalized spacial score (nSPS) is 10.6. The zero-order chi connectivity index (χ0) is 19.1. The zero-order valence-electron chi connectivity index (χ0n) is 14.8. The van der Waals surface area contributed by atoms with E-state index in [2.05, 4.69) is 5.32 Å². The van der Waals surface area contributed by atoms with Crippen LogP contribution in [0.4, 0.5) is 11.4 Å². The molecule has 0 heterocycles. The van der Waals surface area contributed by atoms with Gasteiger partial charge in [0.2, 0.25) is 5.91 Å². The monoisotopic (exact) mass is 356 g/mol. The van der Waals surface area contributed by atoms with Gasteiger partial charge in [-0.3, -0.25) is 14.9 Å². The number of nitro groups is 1. The predicted molar refractivity (Wildman–Crippen MR) is 99.7 cm³/mol. The molecule has 0 saturated heterocycles. The summed E-state index contributed by atoms with van der Waals surface area (Å²) in [7, 11) is 1.54. The lowest BCUT2D eigenvalue weighted by molar-refractivity contribution is -0.385. The van der Waals surface area contributed by atoms with Crippen molar-refractivity contribution in [2.24, 2.45) is 0 Å². The van der Waals surface area contributed by atoms with Gasteiger partial charge in [-0.2, -0.15) is 0 Å².